The number of thioether (sulfide) groups is 1. The van der Waals surface area contributed by atoms with Crippen LogP contribution in [0.15, 0.2) is 53.8 Å². The molecule has 160 valence electrons. The molecule has 0 aromatic carbocycles. The summed E-state index contributed by atoms with van der Waals surface area (Å²) in [6.07, 6.45) is 2.55. The molecule has 0 fully saturated rings. The van der Waals surface area contributed by atoms with Gasteiger partial charge >= 0.3 is 6.18 Å². The third kappa shape index (κ3) is 4.79. The SMILES string of the molecule is CSc1cnc2[nH]cc(Cc3ccc(NCc4ccc(C(F)(F)F)nc4)nc3F)c2c1. The maximum absolute atomic E-state index is 14.6. The van der Waals surface area contributed by atoms with Crippen LogP contribution in [-0.4, -0.2) is 26.2 Å². The van der Waals surface area contributed by atoms with Crippen molar-refractivity contribution in [1.82, 2.24) is 19.9 Å². The smallest absolute Gasteiger partial charge is 0.366 e. The molecule has 0 spiro atoms. The Hall–Kier alpha value is -3.14. The maximum atomic E-state index is 14.6. The van der Waals surface area contributed by atoms with E-state index in [4.69, 9.17) is 0 Å². The van der Waals surface area contributed by atoms with Gasteiger partial charge in [0.2, 0.25) is 5.95 Å². The second-order valence-corrected chi connectivity index (χ2v) is 7.69. The molecule has 0 amide bonds. The first-order valence-corrected chi connectivity index (χ1v) is 10.5. The number of rotatable bonds is 6. The van der Waals surface area contributed by atoms with Crippen molar-refractivity contribution in [3.8, 4) is 0 Å². The minimum Gasteiger partial charge on any atom is -0.366 e. The summed E-state index contributed by atoms with van der Waals surface area (Å²) in [6, 6.07) is 7.52. The normalized spacial score (nSPS) is 11.8. The third-order valence-electron chi connectivity index (χ3n) is 4.72. The summed E-state index contributed by atoms with van der Waals surface area (Å²) in [5, 5.41) is 3.83. The number of halogens is 4. The van der Waals surface area contributed by atoms with Gasteiger partial charge in [-0.2, -0.15) is 17.6 Å². The van der Waals surface area contributed by atoms with Crippen LogP contribution in [-0.2, 0) is 19.1 Å². The monoisotopic (exact) mass is 447 g/mol. The van der Waals surface area contributed by atoms with E-state index in [1.54, 1.807) is 30.1 Å². The summed E-state index contributed by atoms with van der Waals surface area (Å²) < 4.78 is 52.3. The van der Waals surface area contributed by atoms with Crippen LogP contribution in [0, 0.1) is 5.95 Å². The topological polar surface area (TPSA) is 66.5 Å². The van der Waals surface area contributed by atoms with Gasteiger partial charge in [-0.15, -0.1) is 11.8 Å². The highest BCUT2D eigenvalue weighted by Crippen LogP contribution is 2.27. The minimum atomic E-state index is -4.48. The number of aromatic amines is 1. The van der Waals surface area contributed by atoms with Crippen molar-refractivity contribution in [2.75, 3.05) is 11.6 Å². The zero-order valence-corrected chi connectivity index (χ0v) is 17.1. The highest BCUT2D eigenvalue weighted by atomic mass is 32.2. The van der Waals surface area contributed by atoms with Crippen molar-refractivity contribution < 1.29 is 17.6 Å². The Labute approximate surface area is 179 Å². The number of nitrogens with one attached hydrogen (secondary N) is 2. The first-order valence-electron chi connectivity index (χ1n) is 9.25. The molecule has 0 aliphatic heterocycles. The van der Waals surface area contributed by atoms with E-state index in [0.29, 0.717) is 17.5 Å². The van der Waals surface area contributed by atoms with E-state index >= 15 is 0 Å². The Bertz CT molecular complexity index is 1200. The molecule has 0 saturated heterocycles. The van der Waals surface area contributed by atoms with Gasteiger partial charge in [0, 0.05) is 47.4 Å². The summed E-state index contributed by atoms with van der Waals surface area (Å²) in [7, 11) is 0. The van der Waals surface area contributed by atoms with Crippen LogP contribution in [0.2, 0.25) is 0 Å². The molecule has 0 aliphatic rings. The van der Waals surface area contributed by atoms with Crippen LogP contribution < -0.4 is 5.32 Å². The number of anilines is 1. The Kier molecular flexibility index (Phi) is 5.81. The van der Waals surface area contributed by atoms with Crippen LogP contribution in [0.25, 0.3) is 11.0 Å². The van der Waals surface area contributed by atoms with Crippen molar-refractivity contribution in [2.45, 2.75) is 24.0 Å². The Morgan fingerprint density at radius 2 is 1.90 bits per heavy atom. The Morgan fingerprint density at radius 1 is 1.06 bits per heavy atom. The number of pyridine rings is 3. The van der Waals surface area contributed by atoms with Crippen molar-refractivity contribution in [1.29, 1.82) is 0 Å². The average Bonchev–Trinajstić information content (AvgIpc) is 3.15. The molecule has 4 aromatic rings. The number of fused-ring (bicyclic) bond motifs is 1. The number of H-pyrrole nitrogens is 1. The number of alkyl halides is 3. The lowest BCUT2D eigenvalue weighted by atomic mass is 10.1. The molecule has 0 radical (unpaired) electrons. The first kappa shape index (κ1) is 21.1. The molecule has 0 atom stereocenters. The lowest BCUT2D eigenvalue weighted by Crippen LogP contribution is -2.09. The minimum absolute atomic E-state index is 0.169. The fourth-order valence-electron chi connectivity index (χ4n) is 3.08. The van der Waals surface area contributed by atoms with E-state index in [0.717, 1.165) is 33.8 Å². The maximum Gasteiger partial charge on any atom is 0.433 e. The van der Waals surface area contributed by atoms with Crippen molar-refractivity contribution >= 4 is 28.6 Å². The van der Waals surface area contributed by atoms with Crippen molar-refractivity contribution in [2.24, 2.45) is 0 Å². The van der Waals surface area contributed by atoms with Gasteiger partial charge in [-0.3, -0.25) is 4.98 Å². The fraction of sp³-hybridized carbons (Fsp3) is 0.190. The predicted molar refractivity (Wildman–Crippen MR) is 111 cm³/mol. The Morgan fingerprint density at radius 3 is 2.58 bits per heavy atom. The predicted octanol–water partition coefficient (Wildman–Crippen LogP) is 5.44. The summed E-state index contributed by atoms with van der Waals surface area (Å²) in [5.41, 5.74) is 1.65. The summed E-state index contributed by atoms with van der Waals surface area (Å²) >= 11 is 1.58. The molecular formula is C21H17F4N5S. The van der Waals surface area contributed by atoms with E-state index in [9.17, 15) is 17.6 Å². The highest BCUT2D eigenvalue weighted by Gasteiger charge is 2.31. The molecule has 2 N–H and O–H groups in total. The molecule has 4 rings (SSSR count). The fourth-order valence-corrected chi connectivity index (χ4v) is 3.48. The third-order valence-corrected chi connectivity index (χ3v) is 5.42. The Balaban J connectivity index is 1.45. The van der Waals surface area contributed by atoms with Gasteiger partial charge in [-0.05, 0) is 35.6 Å². The quantitative estimate of drug-likeness (QED) is 0.234. The van der Waals surface area contributed by atoms with Gasteiger partial charge in [0.05, 0.1) is 0 Å². The summed E-state index contributed by atoms with van der Waals surface area (Å²) in [5.74, 6) is -0.328. The van der Waals surface area contributed by atoms with Crippen LogP contribution in [0.1, 0.15) is 22.4 Å². The molecule has 0 unspecified atom stereocenters. The van der Waals surface area contributed by atoms with Gasteiger partial charge in [0.15, 0.2) is 0 Å². The second-order valence-electron chi connectivity index (χ2n) is 6.81. The zero-order valence-electron chi connectivity index (χ0n) is 16.3. The van der Waals surface area contributed by atoms with Gasteiger partial charge < -0.3 is 10.3 Å². The summed E-state index contributed by atoms with van der Waals surface area (Å²) in [4.78, 5) is 15.8. The van der Waals surface area contributed by atoms with Gasteiger partial charge in [0.1, 0.15) is 17.2 Å². The van der Waals surface area contributed by atoms with Crippen LogP contribution in [0.3, 0.4) is 0 Å². The van der Waals surface area contributed by atoms with E-state index in [1.165, 1.54) is 6.07 Å². The van der Waals surface area contributed by atoms with Crippen LogP contribution >= 0.6 is 11.8 Å². The van der Waals surface area contributed by atoms with Crippen LogP contribution in [0.5, 0.6) is 0 Å². The van der Waals surface area contributed by atoms with E-state index in [1.807, 2.05) is 18.5 Å². The van der Waals surface area contributed by atoms with Gasteiger partial charge in [-0.25, -0.2) is 9.97 Å². The van der Waals surface area contributed by atoms with E-state index < -0.39 is 17.8 Å². The lowest BCUT2D eigenvalue weighted by Gasteiger charge is -2.09. The van der Waals surface area contributed by atoms with E-state index in [2.05, 4.69) is 25.3 Å². The zero-order chi connectivity index (χ0) is 22.0. The number of aromatic nitrogens is 4. The van der Waals surface area contributed by atoms with Gasteiger partial charge in [0.25, 0.3) is 0 Å². The molecule has 10 heteroatoms. The molecule has 31 heavy (non-hydrogen) atoms. The number of hydrogen-bond acceptors (Lipinski definition) is 5. The number of hydrogen-bond donors (Lipinski definition) is 2. The highest BCUT2D eigenvalue weighted by molar-refractivity contribution is 7.98. The average molecular weight is 447 g/mol. The summed E-state index contributed by atoms with van der Waals surface area (Å²) in [6.45, 7) is 0.169. The molecule has 5 nitrogen and oxygen atoms in total. The molecule has 4 aromatic heterocycles. The standard InChI is InChI=1S/C21H17F4N5S/c1-31-15-7-16-14(10-28-20(16)29-11-15)6-13-3-5-18(30-19(13)22)27-9-12-2-4-17(26-8-12)21(23,24)25/h2-5,7-8,10-11H,6,9H2,1H3,(H,27,30)(H,28,29). The number of nitrogens with zero attached hydrogens (tertiary/aromatic N) is 3. The van der Waals surface area contributed by atoms with Crippen molar-refractivity contribution in [3.05, 3.63) is 77.3 Å². The largest absolute Gasteiger partial charge is 0.433 e. The van der Waals surface area contributed by atoms with E-state index in [-0.39, 0.29) is 12.4 Å². The van der Waals surface area contributed by atoms with Gasteiger partial charge in [-0.1, -0.05) is 12.1 Å². The molecule has 0 aliphatic carbocycles. The lowest BCUT2D eigenvalue weighted by molar-refractivity contribution is -0.141. The molecule has 4 heterocycles. The first-order chi connectivity index (χ1) is 14.8. The molecule has 0 bridgehead atoms. The second kappa shape index (κ2) is 8.54. The van der Waals surface area contributed by atoms with Crippen molar-refractivity contribution in [3.63, 3.8) is 0 Å². The van der Waals surface area contributed by atoms with Crippen LogP contribution in [0.4, 0.5) is 23.4 Å². The molecule has 0 saturated carbocycles. The molecular weight excluding hydrogens is 430 g/mol.